The summed E-state index contributed by atoms with van der Waals surface area (Å²) in [5.41, 5.74) is 1.70. The van der Waals surface area contributed by atoms with Crippen LogP contribution in [0, 0.1) is 0 Å². The van der Waals surface area contributed by atoms with Gasteiger partial charge in [-0.2, -0.15) is 0 Å². The highest BCUT2D eigenvalue weighted by molar-refractivity contribution is 6.31. The average Bonchev–Trinajstić information content (AvgIpc) is 2.56. The molecule has 1 heterocycles. The molecule has 0 radical (unpaired) electrons. The van der Waals surface area contributed by atoms with Crippen molar-refractivity contribution in [1.29, 1.82) is 0 Å². The minimum absolute atomic E-state index is 0.616. The van der Waals surface area contributed by atoms with E-state index in [0.29, 0.717) is 22.4 Å². The maximum atomic E-state index is 6.04. The van der Waals surface area contributed by atoms with E-state index >= 15 is 0 Å². The van der Waals surface area contributed by atoms with Crippen molar-refractivity contribution in [3.8, 4) is 5.75 Å². The molecule has 2 N–H and O–H groups in total. The van der Waals surface area contributed by atoms with E-state index in [-0.39, 0.29) is 0 Å². The van der Waals surface area contributed by atoms with Crippen LogP contribution in [0.4, 0.5) is 23.0 Å². The van der Waals surface area contributed by atoms with Crippen LogP contribution < -0.4 is 15.4 Å². The van der Waals surface area contributed by atoms with Crippen LogP contribution in [0.3, 0.4) is 0 Å². The lowest BCUT2D eigenvalue weighted by molar-refractivity contribution is 0.417. The van der Waals surface area contributed by atoms with Crippen LogP contribution >= 0.6 is 11.6 Å². The van der Waals surface area contributed by atoms with Gasteiger partial charge in [0.1, 0.15) is 23.7 Å². The molecule has 0 fully saturated rings. The molecule has 0 unspecified atom stereocenters. The van der Waals surface area contributed by atoms with Crippen molar-refractivity contribution in [2.45, 2.75) is 0 Å². The van der Waals surface area contributed by atoms with Gasteiger partial charge < -0.3 is 15.4 Å². The predicted octanol–water partition coefficient (Wildman–Crippen LogP) is 4.63. The Morgan fingerprint density at radius 1 is 0.913 bits per heavy atom. The normalized spacial score (nSPS) is 10.2. The molecule has 0 saturated carbocycles. The standard InChI is InChI=1S/C17H15ClN4O/c1-23-15-8-7-12(18)9-14(15)22-17-10-16(19-11-20-17)21-13-5-3-2-4-6-13/h2-11H,1H3,(H2,19,20,21,22). The van der Waals surface area contributed by atoms with Gasteiger partial charge in [0.15, 0.2) is 0 Å². The van der Waals surface area contributed by atoms with Crippen LogP contribution in [0.25, 0.3) is 0 Å². The first kappa shape index (κ1) is 15.1. The molecule has 0 spiro atoms. The lowest BCUT2D eigenvalue weighted by Gasteiger charge is -2.12. The summed E-state index contributed by atoms with van der Waals surface area (Å²) in [5.74, 6) is 2.01. The van der Waals surface area contributed by atoms with Gasteiger partial charge in [-0.1, -0.05) is 29.8 Å². The highest BCUT2D eigenvalue weighted by Gasteiger charge is 2.06. The second-order valence-corrected chi connectivity index (χ2v) is 5.19. The van der Waals surface area contributed by atoms with Crippen LogP contribution in [0.5, 0.6) is 5.75 Å². The van der Waals surface area contributed by atoms with E-state index in [1.807, 2.05) is 36.4 Å². The average molecular weight is 327 g/mol. The monoisotopic (exact) mass is 326 g/mol. The number of ether oxygens (including phenoxy) is 1. The molecule has 116 valence electrons. The van der Waals surface area contributed by atoms with E-state index in [1.54, 1.807) is 25.3 Å². The SMILES string of the molecule is COc1ccc(Cl)cc1Nc1cc(Nc2ccccc2)ncn1. The minimum Gasteiger partial charge on any atom is -0.495 e. The van der Waals surface area contributed by atoms with Crippen molar-refractivity contribution >= 4 is 34.6 Å². The van der Waals surface area contributed by atoms with Crippen molar-refractivity contribution < 1.29 is 4.74 Å². The van der Waals surface area contributed by atoms with Crippen molar-refractivity contribution in [2.24, 2.45) is 0 Å². The van der Waals surface area contributed by atoms with Gasteiger partial charge >= 0.3 is 0 Å². The minimum atomic E-state index is 0.616. The lowest BCUT2D eigenvalue weighted by Crippen LogP contribution is -1.99. The smallest absolute Gasteiger partial charge is 0.142 e. The van der Waals surface area contributed by atoms with Crippen LogP contribution in [0.1, 0.15) is 0 Å². The van der Waals surface area contributed by atoms with Crippen LogP contribution in [0.2, 0.25) is 5.02 Å². The summed E-state index contributed by atoms with van der Waals surface area (Å²) in [6, 6.07) is 17.0. The van der Waals surface area contributed by atoms with Gasteiger partial charge in [0.05, 0.1) is 12.8 Å². The third-order valence-electron chi connectivity index (χ3n) is 3.14. The third-order valence-corrected chi connectivity index (χ3v) is 3.37. The molecule has 0 bridgehead atoms. The molecule has 0 aliphatic rings. The number of nitrogens with one attached hydrogen (secondary N) is 2. The number of halogens is 1. The summed E-state index contributed by atoms with van der Waals surface area (Å²) in [6.45, 7) is 0. The van der Waals surface area contributed by atoms with Crippen molar-refractivity contribution in [3.63, 3.8) is 0 Å². The maximum Gasteiger partial charge on any atom is 0.142 e. The van der Waals surface area contributed by atoms with Crippen molar-refractivity contribution in [1.82, 2.24) is 9.97 Å². The second kappa shape index (κ2) is 6.98. The molecule has 0 amide bonds. The summed E-state index contributed by atoms with van der Waals surface area (Å²) < 4.78 is 5.32. The fourth-order valence-electron chi connectivity index (χ4n) is 2.08. The zero-order valence-corrected chi connectivity index (χ0v) is 13.2. The highest BCUT2D eigenvalue weighted by Crippen LogP contribution is 2.30. The largest absolute Gasteiger partial charge is 0.495 e. The first-order chi connectivity index (χ1) is 11.2. The van der Waals surface area contributed by atoms with Gasteiger partial charge in [-0.15, -0.1) is 0 Å². The highest BCUT2D eigenvalue weighted by atomic mass is 35.5. The van der Waals surface area contributed by atoms with Crippen LogP contribution in [-0.2, 0) is 0 Å². The van der Waals surface area contributed by atoms with E-state index in [1.165, 1.54) is 6.33 Å². The maximum absolute atomic E-state index is 6.04. The number of rotatable bonds is 5. The van der Waals surface area contributed by atoms with Crippen molar-refractivity contribution in [2.75, 3.05) is 17.7 Å². The van der Waals surface area contributed by atoms with Gasteiger partial charge in [-0.25, -0.2) is 9.97 Å². The molecule has 23 heavy (non-hydrogen) atoms. The summed E-state index contributed by atoms with van der Waals surface area (Å²) in [4.78, 5) is 8.44. The Kier molecular flexibility index (Phi) is 4.59. The number of nitrogens with zero attached hydrogens (tertiary/aromatic N) is 2. The Morgan fingerprint density at radius 2 is 1.65 bits per heavy atom. The van der Waals surface area contributed by atoms with Gasteiger partial charge in [-0.3, -0.25) is 0 Å². The number of para-hydroxylation sites is 1. The van der Waals surface area contributed by atoms with Gasteiger partial charge in [0.25, 0.3) is 0 Å². The molecule has 3 aromatic rings. The second-order valence-electron chi connectivity index (χ2n) is 4.75. The van der Waals surface area contributed by atoms with Crippen LogP contribution in [-0.4, -0.2) is 17.1 Å². The lowest BCUT2D eigenvalue weighted by atomic mass is 10.3. The first-order valence-electron chi connectivity index (χ1n) is 6.99. The molecular weight excluding hydrogens is 312 g/mol. The molecule has 0 atom stereocenters. The Balaban J connectivity index is 1.82. The van der Waals surface area contributed by atoms with Crippen LogP contribution in [0.15, 0.2) is 60.9 Å². The molecule has 0 aliphatic carbocycles. The molecule has 3 rings (SSSR count). The number of benzene rings is 2. The van der Waals surface area contributed by atoms with E-state index in [9.17, 15) is 0 Å². The van der Waals surface area contributed by atoms with Gasteiger partial charge in [0.2, 0.25) is 0 Å². The molecule has 2 aromatic carbocycles. The fourth-order valence-corrected chi connectivity index (χ4v) is 2.25. The van der Waals surface area contributed by atoms with E-state index in [4.69, 9.17) is 16.3 Å². The zero-order chi connectivity index (χ0) is 16.1. The summed E-state index contributed by atoms with van der Waals surface area (Å²) in [7, 11) is 1.61. The molecule has 0 saturated heterocycles. The van der Waals surface area contributed by atoms with E-state index in [2.05, 4.69) is 20.6 Å². The number of methoxy groups -OCH3 is 1. The number of hydrogen-bond acceptors (Lipinski definition) is 5. The number of anilines is 4. The topological polar surface area (TPSA) is 59.1 Å². The Hall–Kier alpha value is -2.79. The molecule has 6 heteroatoms. The first-order valence-corrected chi connectivity index (χ1v) is 7.37. The molecule has 1 aromatic heterocycles. The van der Waals surface area contributed by atoms with E-state index < -0.39 is 0 Å². The summed E-state index contributed by atoms with van der Waals surface area (Å²) >= 11 is 6.04. The summed E-state index contributed by atoms with van der Waals surface area (Å²) in [6.07, 6.45) is 1.49. The quantitative estimate of drug-likeness (QED) is 0.716. The zero-order valence-electron chi connectivity index (χ0n) is 12.5. The van der Waals surface area contributed by atoms with Crippen molar-refractivity contribution in [3.05, 3.63) is 65.9 Å². The molecule has 0 aliphatic heterocycles. The Morgan fingerprint density at radius 3 is 2.39 bits per heavy atom. The molecule has 5 nitrogen and oxygen atoms in total. The summed E-state index contributed by atoms with van der Waals surface area (Å²) in [5, 5.41) is 7.03. The Labute approximate surface area is 139 Å². The van der Waals surface area contributed by atoms with Gasteiger partial charge in [0, 0.05) is 16.8 Å². The van der Waals surface area contributed by atoms with E-state index in [0.717, 1.165) is 11.4 Å². The number of hydrogen-bond donors (Lipinski definition) is 2. The third kappa shape index (κ3) is 3.90. The molecular formula is C17H15ClN4O. The Bertz CT molecular complexity index is 796. The fraction of sp³-hybridized carbons (Fsp3) is 0.0588. The number of aromatic nitrogens is 2. The predicted molar refractivity (Wildman–Crippen MR) is 93.0 cm³/mol. The van der Waals surface area contributed by atoms with Gasteiger partial charge in [-0.05, 0) is 30.3 Å².